The van der Waals surface area contributed by atoms with Gasteiger partial charge in [-0.1, -0.05) is 6.07 Å². The van der Waals surface area contributed by atoms with Crippen LogP contribution in [0, 0.1) is 23.2 Å². The highest BCUT2D eigenvalue weighted by atomic mass is 19.4. The minimum absolute atomic E-state index is 0.538. The molecule has 1 aromatic rings. The number of rotatable bonds is 0. The van der Waals surface area contributed by atoms with Gasteiger partial charge < -0.3 is 0 Å². The molecule has 67 valence electrons. The van der Waals surface area contributed by atoms with Gasteiger partial charge in [-0.05, 0) is 6.07 Å². The van der Waals surface area contributed by atoms with Gasteiger partial charge in [0.15, 0.2) is 5.82 Å². The Labute approximate surface area is 71.2 Å². The van der Waals surface area contributed by atoms with Crippen LogP contribution < -0.4 is 0 Å². The second-order valence-electron chi connectivity index (χ2n) is 2.19. The van der Waals surface area contributed by atoms with Gasteiger partial charge in [0, 0.05) is 6.07 Å². The predicted molar refractivity (Wildman–Crippen MR) is 35.0 cm³/mol. The Hall–Kier alpha value is -1.57. The molecule has 1 aromatic carbocycles. The largest absolute Gasteiger partial charge is 0.419 e. The number of benzene rings is 1. The molecule has 13 heavy (non-hydrogen) atoms. The molecule has 1 rings (SSSR count). The van der Waals surface area contributed by atoms with E-state index in [0.717, 1.165) is 6.07 Å². The van der Waals surface area contributed by atoms with E-state index >= 15 is 0 Å². The van der Waals surface area contributed by atoms with E-state index in [2.05, 4.69) is 6.07 Å². The van der Waals surface area contributed by atoms with Crippen LogP contribution in [-0.2, 0) is 6.18 Å². The van der Waals surface area contributed by atoms with Gasteiger partial charge in [0.1, 0.15) is 6.07 Å². The van der Waals surface area contributed by atoms with Crippen LogP contribution in [0.3, 0.4) is 0 Å². The zero-order valence-corrected chi connectivity index (χ0v) is 6.11. The lowest BCUT2D eigenvalue weighted by atomic mass is 10.1. The van der Waals surface area contributed by atoms with Gasteiger partial charge in [0.05, 0.1) is 11.1 Å². The lowest BCUT2D eigenvalue weighted by Gasteiger charge is -2.07. The Morgan fingerprint density at radius 1 is 1.38 bits per heavy atom. The molecule has 1 nitrogen and oxygen atoms in total. The first kappa shape index (κ1) is 9.52. The maximum atomic E-state index is 12.8. The Morgan fingerprint density at radius 3 is 2.46 bits per heavy atom. The molecule has 0 N–H and O–H groups in total. The van der Waals surface area contributed by atoms with Crippen LogP contribution in [0.2, 0.25) is 0 Å². The standard InChI is InChI=1S/C8H2F4N/c9-7-5(4-13)2-1-3-6(7)8(10,11)12/h1,3H. The molecule has 0 spiro atoms. The minimum atomic E-state index is -4.77. The summed E-state index contributed by atoms with van der Waals surface area (Å²) < 4.78 is 48.8. The van der Waals surface area contributed by atoms with E-state index in [1.165, 1.54) is 6.07 Å². The summed E-state index contributed by atoms with van der Waals surface area (Å²) in [4.78, 5) is 0. The number of hydrogen-bond acceptors (Lipinski definition) is 1. The maximum absolute atomic E-state index is 12.8. The number of halogens is 4. The van der Waals surface area contributed by atoms with Crippen LogP contribution in [0.5, 0.6) is 0 Å². The van der Waals surface area contributed by atoms with Crippen LogP contribution in [0.25, 0.3) is 0 Å². The molecule has 0 unspecified atom stereocenters. The Bertz CT molecular complexity index is 361. The number of nitriles is 1. The summed E-state index contributed by atoms with van der Waals surface area (Å²) in [5.41, 5.74) is -2.17. The summed E-state index contributed by atoms with van der Waals surface area (Å²) in [5.74, 6) is -1.57. The molecule has 0 aliphatic heterocycles. The van der Waals surface area contributed by atoms with E-state index in [4.69, 9.17) is 5.26 Å². The van der Waals surface area contributed by atoms with Gasteiger partial charge in [-0.25, -0.2) is 4.39 Å². The molecule has 1 radical (unpaired) electrons. The van der Waals surface area contributed by atoms with Crippen molar-refractivity contribution in [2.75, 3.05) is 0 Å². The number of nitrogens with zero attached hydrogens (tertiary/aromatic N) is 1. The van der Waals surface area contributed by atoms with Gasteiger partial charge in [-0.15, -0.1) is 0 Å². The third-order valence-corrected chi connectivity index (χ3v) is 1.35. The van der Waals surface area contributed by atoms with Crippen molar-refractivity contribution in [3.8, 4) is 6.07 Å². The molecule has 0 saturated carbocycles. The molecule has 0 aliphatic carbocycles. The topological polar surface area (TPSA) is 23.8 Å². The summed E-state index contributed by atoms with van der Waals surface area (Å²) in [6.07, 6.45) is -4.77. The molecule has 0 saturated heterocycles. The third-order valence-electron chi connectivity index (χ3n) is 1.35. The van der Waals surface area contributed by atoms with Crippen LogP contribution >= 0.6 is 0 Å². The van der Waals surface area contributed by atoms with Crippen LogP contribution in [-0.4, -0.2) is 0 Å². The SMILES string of the molecule is N#Cc1[c]ccc(C(F)(F)F)c1F. The lowest BCUT2D eigenvalue weighted by molar-refractivity contribution is -0.140. The highest BCUT2D eigenvalue weighted by Crippen LogP contribution is 2.31. The average molecular weight is 188 g/mol. The van der Waals surface area contributed by atoms with Gasteiger partial charge in [0.25, 0.3) is 0 Å². The Balaban J connectivity index is 3.34. The average Bonchev–Trinajstić information content (AvgIpc) is 2.02. The highest BCUT2D eigenvalue weighted by molar-refractivity contribution is 5.35. The lowest BCUT2D eigenvalue weighted by Crippen LogP contribution is -2.08. The highest BCUT2D eigenvalue weighted by Gasteiger charge is 2.34. The van der Waals surface area contributed by atoms with E-state index < -0.39 is 23.1 Å². The van der Waals surface area contributed by atoms with E-state index in [1.807, 2.05) is 0 Å². The fourth-order valence-electron chi connectivity index (χ4n) is 0.780. The molecule has 5 heteroatoms. The van der Waals surface area contributed by atoms with E-state index in [1.54, 1.807) is 0 Å². The summed E-state index contributed by atoms with van der Waals surface area (Å²) in [7, 11) is 0. The minimum Gasteiger partial charge on any atom is -0.205 e. The zero-order chi connectivity index (χ0) is 10.1. The zero-order valence-electron chi connectivity index (χ0n) is 6.11. The maximum Gasteiger partial charge on any atom is 0.419 e. The first-order valence-electron chi connectivity index (χ1n) is 3.14. The van der Waals surface area contributed by atoms with Gasteiger partial charge in [-0.3, -0.25) is 0 Å². The molecule has 0 heterocycles. The van der Waals surface area contributed by atoms with Crippen LogP contribution in [0.1, 0.15) is 11.1 Å². The second kappa shape index (κ2) is 3.05. The molecule has 0 fully saturated rings. The first-order chi connectivity index (χ1) is 5.96. The summed E-state index contributed by atoms with van der Waals surface area (Å²) in [6.45, 7) is 0. The fourth-order valence-corrected chi connectivity index (χ4v) is 0.780. The Kier molecular flexibility index (Phi) is 2.24. The monoisotopic (exact) mass is 188 g/mol. The third kappa shape index (κ3) is 1.78. The predicted octanol–water partition coefficient (Wildman–Crippen LogP) is 2.52. The first-order valence-corrected chi connectivity index (χ1v) is 3.14. The molecule has 0 aromatic heterocycles. The Morgan fingerprint density at radius 2 is 2.00 bits per heavy atom. The van der Waals surface area contributed by atoms with Crippen molar-refractivity contribution in [3.05, 3.63) is 35.1 Å². The number of alkyl halides is 3. The van der Waals surface area contributed by atoms with Crippen molar-refractivity contribution in [1.82, 2.24) is 0 Å². The molecular weight excluding hydrogens is 186 g/mol. The van der Waals surface area contributed by atoms with Crippen molar-refractivity contribution in [1.29, 1.82) is 5.26 Å². The van der Waals surface area contributed by atoms with E-state index in [-0.39, 0.29) is 0 Å². The molecular formula is C8H2F4N. The van der Waals surface area contributed by atoms with Crippen LogP contribution in [0.4, 0.5) is 17.6 Å². The summed E-state index contributed by atoms with van der Waals surface area (Å²) >= 11 is 0. The van der Waals surface area contributed by atoms with Crippen LogP contribution in [0.15, 0.2) is 12.1 Å². The number of hydrogen-bond donors (Lipinski definition) is 0. The molecule has 0 aliphatic rings. The van der Waals surface area contributed by atoms with Gasteiger partial charge in [-0.2, -0.15) is 18.4 Å². The summed E-state index contributed by atoms with van der Waals surface area (Å²) in [6, 6.07) is 4.74. The van der Waals surface area contributed by atoms with Crippen molar-refractivity contribution in [2.45, 2.75) is 6.18 Å². The molecule has 0 amide bonds. The fraction of sp³-hybridized carbons (Fsp3) is 0.125. The normalized spacial score (nSPS) is 11.0. The smallest absolute Gasteiger partial charge is 0.205 e. The van der Waals surface area contributed by atoms with Crippen molar-refractivity contribution < 1.29 is 17.6 Å². The quantitative estimate of drug-likeness (QED) is 0.574. The van der Waals surface area contributed by atoms with Gasteiger partial charge in [0.2, 0.25) is 0 Å². The van der Waals surface area contributed by atoms with Crippen molar-refractivity contribution in [3.63, 3.8) is 0 Å². The second-order valence-corrected chi connectivity index (χ2v) is 2.19. The van der Waals surface area contributed by atoms with Gasteiger partial charge >= 0.3 is 6.18 Å². The molecule has 0 atom stereocenters. The van der Waals surface area contributed by atoms with E-state index in [9.17, 15) is 17.6 Å². The molecule has 0 bridgehead atoms. The summed E-state index contributed by atoms with van der Waals surface area (Å²) in [5, 5.41) is 8.22. The van der Waals surface area contributed by atoms with E-state index in [0.29, 0.717) is 6.07 Å². The van der Waals surface area contributed by atoms with Crippen molar-refractivity contribution in [2.24, 2.45) is 0 Å². The van der Waals surface area contributed by atoms with Crippen molar-refractivity contribution >= 4 is 0 Å².